The van der Waals surface area contributed by atoms with E-state index in [9.17, 15) is 14.4 Å². The van der Waals surface area contributed by atoms with E-state index >= 15 is 0 Å². The predicted molar refractivity (Wildman–Crippen MR) is 293 cm³/mol. The van der Waals surface area contributed by atoms with Gasteiger partial charge in [-0.3, -0.25) is 14.4 Å². The van der Waals surface area contributed by atoms with Crippen molar-refractivity contribution in [1.29, 1.82) is 0 Å². The zero-order chi connectivity index (χ0) is 49.3. The van der Waals surface area contributed by atoms with Gasteiger partial charge in [-0.2, -0.15) is 0 Å². The fraction of sp³-hybridized carbons (Fsp3) is 0.661. The molecule has 0 aromatic carbocycles. The first-order valence-electron chi connectivity index (χ1n) is 27.9. The molecule has 6 nitrogen and oxygen atoms in total. The molecule has 386 valence electrons. The lowest BCUT2D eigenvalue weighted by atomic mass is 10.1. The zero-order valence-corrected chi connectivity index (χ0v) is 44.1. The summed E-state index contributed by atoms with van der Waals surface area (Å²) in [5, 5.41) is 0. The van der Waals surface area contributed by atoms with Gasteiger partial charge in [0.05, 0.1) is 0 Å². The number of unbranched alkanes of at least 4 members (excludes halogenated alkanes) is 22. The fourth-order valence-corrected chi connectivity index (χ4v) is 7.35. The molecule has 0 fully saturated rings. The monoisotopic (exact) mass is 943 g/mol. The number of esters is 3. The van der Waals surface area contributed by atoms with Crippen molar-refractivity contribution in [2.24, 2.45) is 0 Å². The molecule has 1 unspecified atom stereocenters. The van der Waals surface area contributed by atoms with Crippen molar-refractivity contribution < 1.29 is 28.6 Å². The molecule has 0 aliphatic carbocycles. The van der Waals surface area contributed by atoms with Crippen molar-refractivity contribution in [2.75, 3.05) is 13.2 Å². The molecule has 0 bridgehead atoms. The van der Waals surface area contributed by atoms with E-state index in [2.05, 4.69) is 118 Å². The number of hydrogen-bond donors (Lipinski definition) is 0. The van der Waals surface area contributed by atoms with Gasteiger partial charge < -0.3 is 14.2 Å². The number of allylic oxidation sites excluding steroid dienone is 18. The van der Waals surface area contributed by atoms with Crippen LogP contribution in [0.25, 0.3) is 0 Å². The summed E-state index contributed by atoms with van der Waals surface area (Å²) in [4.78, 5) is 38.1. The van der Waals surface area contributed by atoms with Gasteiger partial charge in [-0.25, -0.2) is 0 Å². The summed E-state index contributed by atoms with van der Waals surface area (Å²) in [7, 11) is 0. The van der Waals surface area contributed by atoms with E-state index < -0.39 is 12.1 Å². The molecule has 0 aliphatic heterocycles. The van der Waals surface area contributed by atoms with Crippen LogP contribution in [0.4, 0.5) is 0 Å². The average Bonchev–Trinajstić information content (AvgIpc) is 3.34. The summed E-state index contributed by atoms with van der Waals surface area (Å²) in [5.41, 5.74) is 0. The first-order chi connectivity index (χ1) is 33.5. The van der Waals surface area contributed by atoms with Crippen LogP contribution >= 0.6 is 0 Å². The molecule has 0 radical (unpaired) electrons. The van der Waals surface area contributed by atoms with E-state index in [0.717, 1.165) is 103 Å². The van der Waals surface area contributed by atoms with Gasteiger partial charge in [-0.1, -0.05) is 233 Å². The van der Waals surface area contributed by atoms with E-state index in [0.29, 0.717) is 19.3 Å². The van der Waals surface area contributed by atoms with Gasteiger partial charge >= 0.3 is 17.9 Å². The van der Waals surface area contributed by atoms with Crippen molar-refractivity contribution in [2.45, 2.75) is 252 Å². The van der Waals surface area contributed by atoms with Gasteiger partial charge in [0.1, 0.15) is 13.2 Å². The molecule has 0 aliphatic rings. The average molecular weight is 943 g/mol. The number of rotatable bonds is 49. The van der Waals surface area contributed by atoms with Gasteiger partial charge in [-0.15, -0.1) is 0 Å². The molecule has 6 heteroatoms. The first kappa shape index (κ1) is 64.1. The molecular formula is C62H102O6. The number of hydrogen-bond acceptors (Lipinski definition) is 6. The normalized spacial score (nSPS) is 12.9. The Balaban J connectivity index is 4.56. The molecule has 0 N–H and O–H groups in total. The second-order valence-corrected chi connectivity index (χ2v) is 18.2. The highest BCUT2D eigenvalue weighted by molar-refractivity contribution is 5.71. The number of carbonyl (C=O) groups excluding carboxylic acids is 3. The molecule has 0 saturated carbocycles. The van der Waals surface area contributed by atoms with Gasteiger partial charge in [0, 0.05) is 19.3 Å². The van der Waals surface area contributed by atoms with Gasteiger partial charge in [0.2, 0.25) is 0 Å². The first-order valence-corrected chi connectivity index (χ1v) is 27.9. The fourth-order valence-electron chi connectivity index (χ4n) is 7.35. The van der Waals surface area contributed by atoms with Crippen molar-refractivity contribution in [3.8, 4) is 0 Å². The Morgan fingerprint density at radius 2 is 0.647 bits per heavy atom. The van der Waals surface area contributed by atoms with E-state index in [1.165, 1.54) is 96.3 Å². The molecule has 1 atom stereocenters. The van der Waals surface area contributed by atoms with E-state index in [1.54, 1.807) is 0 Å². The standard InChI is InChI=1S/C62H102O6/c1-4-7-10-13-16-19-22-25-28-31-32-35-37-40-43-46-49-52-55-61(64)67-58-59(68-62(65)56-53-50-47-44-41-38-34-30-27-24-21-18-15-12-9-6-3)57-66-60(63)54-51-48-45-42-39-36-33-29-26-23-20-17-14-11-8-5-2/h9,12,18,21,27-33,35-36,38-39,41,47,50,59H,4-8,10-11,13-17,19-20,22-26,34,37,40,42-46,48-49,51-58H2,1-3H3/b12-9-,21-18-,30-27-,31-28-,33-29-,35-32-,39-36-,41-38-,50-47-. The summed E-state index contributed by atoms with van der Waals surface area (Å²) in [6.07, 6.45) is 75.2. The van der Waals surface area contributed by atoms with Crippen molar-refractivity contribution in [3.05, 3.63) is 109 Å². The Hall–Kier alpha value is -3.93. The maximum absolute atomic E-state index is 12.8. The van der Waals surface area contributed by atoms with Crippen molar-refractivity contribution >= 4 is 17.9 Å². The third-order valence-electron chi connectivity index (χ3n) is 11.5. The second-order valence-electron chi connectivity index (χ2n) is 18.2. The highest BCUT2D eigenvalue weighted by Gasteiger charge is 2.19. The SMILES string of the molecule is CC/C=C\C/C=C\C/C=C\C/C=C\C/C=C\CCC(=O)OC(COC(=O)CCCCC/C=C\C=C/CCCCCCCCC)COC(=O)CCCCCCC/C=C\C=C/CCCCCCCCC. The molecule has 0 spiro atoms. The summed E-state index contributed by atoms with van der Waals surface area (Å²) in [6.45, 7) is 6.41. The lowest BCUT2D eigenvalue weighted by Gasteiger charge is -2.18. The van der Waals surface area contributed by atoms with Gasteiger partial charge in [0.15, 0.2) is 6.10 Å². The van der Waals surface area contributed by atoms with Crippen LogP contribution in [-0.4, -0.2) is 37.2 Å². The molecule has 68 heavy (non-hydrogen) atoms. The lowest BCUT2D eigenvalue weighted by molar-refractivity contribution is -0.166. The maximum Gasteiger partial charge on any atom is 0.306 e. The highest BCUT2D eigenvalue weighted by atomic mass is 16.6. The molecular weight excluding hydrogens is 841 g/mol. The van der Waals surface area contributed by atoms with Crippen molar-refractivity contribution in [1.82, 2.24) is 0 Å². The summed E-state index contributed by atoms with van der Waals surface area (Å²) >= 11 is 0. The Kier molecular flexibility index (Phi) is 52.4. The summed E-state index contributed by atoms with van der Waals surface area (Å²) in [5.74, 6) is -1.05. The molecule has 0 amide bonds. The minimum absolute atomic E-state index is 0.126. The van der Waals surface area contributed by atoms with Crippen LogP contribution in [0, 0.1) is 0 Å². The Labute approximate surface area is 419 Å². The quantitative estimate of drug-likeness (QED) is 0.0199. The summed E-state index contributed by atoms with van der Waals surface area (Å²) in [6, 6.07) is 0. The van der Waals surface area contributed by atoms with Crippen LogP contribution in [0.5, 0.6) is 0 Å². The Morgan fingerprint density at radius 3 is 1.03 bits per heavy atom. The Bertz CT molecular complexity index is 1410. The van der Waals surface area contributed by atoms with Gasteiger partial charge in [0.25, 0.3) is 0 Å². The van der Waals surface area contributed by atoms with E-state index in [1.807, 2.05) is 12.2 Å². The smallest absolute Gasteiger partial charge is 0.306 e. The maximum atomic E-state index is 12.8. The molecule has 0 heterocycles. The van der Waals surface area contributed by atoms with E-state index in [-0.39, 0.29) is 31.6 Å². The number of carbonyl (C=O) groups is 3. The third kappa shape index (κ3) is 53.0. The molecule has 0 saturated heterocycles. The highest BCUT2D eigenvalue weighted by Crippen LogP contribution is 2.13. The van der Waals surface area contributed by atoms with Crippen LogP contribution in [0.15, 0.2) is 109 Å². The van der Waals surface area contributed by atoms with Crippen molar-refractivity contribution in [3.63, 3.8) is 0 Å². The number of ether oxygens (including phenoxy) is 3. The third-order valence-corrected chi connectivity index (χ3v) is 11.5. The predicted octanol–water partition coefficient (Wildman–Crippen LogP) is 18.7. The van der Waals surface area contributed by atoms with Gasteiger partial charge in [-0.05, 0) is 103 Å². The molecule has 0 rings (SSSR count). The topological polar surface area (TPSA) is 78.9 Å². The largest absolute Gasteiger partial charge is 0.462 e. The molecule has 0 aromatic rings. The lowest BCUT2D eigenvalue weighted by Crippen LogP contribution is -2.30. The van der Waals surface area contributed by atoms with Crippen LogP contribution in [-0.2, 0) is 28.6 Å². The minimum Gasteiger partial charge on any atom is -0.462 e. The van der Waals surface area contributed by atoms with Crippen LogP contribution < -0.4 is 0 Å². The van der Waals surface area contributed by atoms with Crippen LogP contribution in [0.3, 0.4) is 0 Å². The Morgan fingerprint density at radius 1 is 0.324 bits per heavy atom. The zero-order valence-electron chi connectivity index (χ0n) is 44.1. The minimum atomic E-state index is -0.837. The second kappa shape index (κ2) is 55.7. The summed E-state index contributed by atoms with van der Waals surface area (Å²) < 4.78 is 16.7. The molecule has 0 aromatic heterocycles. The van der Waals surface area contributed by atoms with E-state index in [4.69, 9.17) is 14.2 Å². The van der Waals surface area contributed by atoms with Crippen LogP contribution in [0.1, 0.15) is 245 Å². The van der Waals surface area contributed by atoms with Crippen LogP contribution in [0.2, 0.25) is 0 Å².